The number of nitrogens with one attached hydrogen (secondary N) is 6. The largest absolute Gasteiger partial charge is 0.508 e. The molecule has 3 aromatic carbocycles. The SMILES string of the molecule is CC(C)[C@H](NC(=O)[C@H](CCCCN)NC(=O)[C@@H](Cc1c[nH]c2ccccc12)NC(=O)[C@@H](N)Cc1ccc(O)cc1)C(=O)N[C@@H](CS)C(=O)N[C@@H](Cc1ccc(Cl)cc1)C(N)=O. The Labute approximate surface area is 365 Å². The minimum atomic E-state index is -1.21. The number of aromatic amines is 1. The highest BCUT2D eigenvalue weighted by atomic mass is 35.5. The smallest absolute Gasteiger partial charge is 0.244 e. The lowest BCUT2D eigenvalue weighted by Gasteiger charge is -2.28. The number of hydrogen-bond acceptors (Lipinski definition) is 10. The molecule has 0 radical (unpaired) electrons. The number of amides is 6. The number of phenolic OH excluding ortho intramolecular Hbond substituents is 1. The summed E-state index contributed by atoms with van der Waals surface area (Å²) in [5.74, 6) is -4.73. The fraction of sp³-hybridized carbons (Fsp3) is 0.395. The number of carbonyl (C=O) groups excluding carboxylic acids is 6. The number of benzene rings is 3. The zero-order chi connectivity index (χ0) is 44.6. The predicted octanol–water partition coefficient (Wildman–Crippen LogP) is 1.51. The molecule has 4 rings (SSSR count). The van der Waals surface area contributed by atoms with Crippen LogP contribution in [-0.2, 0) is 48.0 Å². The van der Waals surface area contributed by atoms with Gasteiger partial charge in [-0.15, -0.1) is 0 Å². The number of rotatable bonds is 23. The van der Waals surface area contributed by atoms with Crippen LogP contribution in [-0.4, -0.2) is 94.1 Å². The van der Waals surface area contributed by atoms with Gasteiger partial charge in [0.05, 0.1) is 6.04 Å². The van der Waals surface area contributed by atoms with Gasteiger partial charge in [-0.25, -0.2) is 0 Å². The summed E-state index contributed by atoms with van der Waals surface area (Å²) in [5, 5.41) is 24.5. The number of thiol groups is 1. The molecule has 0 saturated heterocycles. The summed E-state index contributed by atoms with van der Waals surface area (Å²) < 4.78 is 0. The first-order valence-electron chi connectivity index (χ1n) is 20.0. The van der Waals surface area contributed by atoms with Gasteiger partial charge in [0.1, 0.15) is 36.0 Å². The van der Waals surface area contributed by atoms with Crippen molar-refractivity contribution in [3.05, 3.63) is 101 Å². The van der Waals surface area contributed by atoms with Gasteiger partial charge in [-0.3, -0.25) is 28.8 Å². The number of aromatic hydroxyl groups is 1. The predicted molar refractivity (Wildman–Crippen MR) is 237 cm³/mol. The maximum Gasteiger partial charge on any atom is 0.244 e. The lowest BCUT2D eigenvalue weighted by atomic mass is 10.00. The third kappa shape index (κ3) is 14.5. The second kappa shape index (κ2) is 23.4. The normalized spacial score (nSPS) is 14.2. The number of hydrogen-bond donors (Lipinski definition) is 11. The Morgan fingerprint density at radius 2 is 1.28 bits per heavy atom. The zero-order valence-corrected chi connectivity index (χ0v) is 35.8. The molecule has 0 aliphatic carbocycles. The van der Waals surface area contributed by atoms with E-state index >= 15 is 0 Å². The van der Waals surface area contributed by atoms with E-state index in [0.717, 1.165) is 16.5 Å². The molecule has 6 amide bonds. The van der Waals surface area contributed by atoms with Crippen LogP contribution in [0.1, 0.15) is 49.8 Å². The van der Waals surface area contributed by atoms with Gasteiger partial charge in [0.2, 0.25) is 35.4 Å². The van der Waals surface area contributed by atoms with Crippen molar-refractivity contribution in [3.63, 3.8) is 0 Å². The van der Waals surface area contributed by atoms with Gasteiger partial charge in [-0.2, -0.15) is 12.6 Å². The lowest BCUT2D eigenvalue weighted by molar-refractivity contribution is -0.135. The maximum atomic E-state index is 14.2. The summed E-state index contributed by atoms with van der Waals surface area (Å²) in [7, 11) is 0. The molecule has 1 aromatic heterocycles. The average Bonchev–Trinajstić information content (AvgIpc) is 3.64. The molecule has 16 nitrogen and oxygen atoms in total. The van der Waals surface area contributed by atoms with Gasteiger partial charge in [0, 0.05) is 40.7 Å². The molecule has 18 heteroatoms. The van der Waals surface area contributed by atoms with E-state index in [0.29, 0.717) is 35.5 Å². The fourth-order valence-corrected chi connectivity index (χ4v) is 7.00. The molecule has 0 fully saturated rings. The van der Waals surface area contributed by atoms with Gasteiger partial charge in [-0.05, 0) is 85.2 Å². The Morgan fingerprint density at radius 1 is 0.705 bits per heavy atom. The minimum Gasteiger partial charge on any atom is -0.508 e. The van der Waals surface area contributed by atoms with Crippen LogP contribution in [0, 0.1) is 5.92 Å². The molecule has 4 aromatic rings. The topological polar surface area (TPSA) is 277 Å². The number of H-pyrrole nitrogens is 1. The molecule has 61 heavy (non-hydrogen) atoms. The van der Waals surface area contributed by atoms with Gasteiger partial charge >= 0.3 is 0 Å². The van der Waals surface area contributed by atoms with Crippen molar-refractivity contribution in [3.8, 4) is 5.75 Å². The minimum absolute atomic E-state index is 0.0468. The number of aromatic nitrogens is 1. The standard InChI is InChI=1S/C43H56ClN9O7S/c1-24(2)37(43(60)52-36(23-61)42(59)50-34(38(47)55)20-26-10-14-28(44)15-11-26)53-40(57)33(9-5-6-18-45)49-41(58)35(21-27-22-48-32-8-4-3-7-30(27)32)51-39(56)31(46)19-25-12-16-29(54)17-13-25/h3-4,7-8,10-17,22,24,31,33-37,48,54,61H,5-6,9,18-21,23,45-46H2,1-2H3,(H2,47,55)(H,49,58)(H,50,59)(H,51,56)(H,52,60)(H,53,57)/t31-,33-,34-,35+,36-,37-/m0/s1. The second-order valence-corrected chi connectivity index (χ2v) is 16.0. The zero-order valence-electron chi connectivity index (χ0n) is 34.2. The number of unbranched alkanes of at least 4 members (excludes halogenated alkanes) is 1. The molecule has 0 saturated carbocycles. The lowest BCUT2D eigenvalue weighted by Crippen LogP contribution is -2.61. The summed E-state index contributed by atoms with van der Waals surface area (Å²) in [6.07, 6.45) is 3.14. The number of phenols is 1. The van der Waals surface area contributed by atoms with E-state index < -0.39 is 77.6 Å². The van der Waals surface area contributed by atoms with E-state index in [-0.39, 0.29) is 37.2 Å². The Morgan fingerprint density at radius 3 is 1.92 bits per heavy atom. The van der Waals surface area contributed by atoms with Crippen LogP contribution < -0.4 is 43.8 Å². The van der Waals surface area contributed by atoms with E-state index in [1.165, 1.54) is 12.1 Å². The summed E-state index contributed by atoms with van der Waals surface area (Å²) in [4.78, 5) is 84.3. The molecule has 13 N–H and O–H groups in total. The molecule has 0 bridgehead atoms. The molecule has 0 spiro atoms. The first-order valence-corrected chi connectivity index (χ1v) is 21.1. The molecule has 0 unspecified atom stereocenters. The number of nitrogens with two attached hydrogens (primary N) is 3. The number of fused-ring (bicyclic) bond motifs is 1. The summed E-state index contributed by atoms with van der Waals surface area (Å²) in [6.45, 7) is 3.73. The fourth-order valence-electron chi connectivity index (χ4n) is 6.62. The van der Waals surface area contributed by atoms with E-state index in [1.807, 2.05) is 24.3 Å². The summed E-state index contributed by atoms with van der Waals surface area (Å²) in [5.41, 5.74) is 20.6. The van der Waals surface area contributed by atoms with Crippen molar-refractivity contribution in [2.45, 2.75) is 88.6 Å². The Kier molecular flexibility index (Phi) is 18.4. The monoisotopic (exact) mass is 877 g/mol. The van der Waals surface area contributed by atoms with Crippen molar-refractivity contribution >= 4 is 70.6 Å². The van der Waals surface area contributed by atoms with Crippen LogP contribution in [0.15, 0.2) is 79.0 Å². The number of halogens is 1. The Hall–Kier alpha value is -5.62. The van der Waals surface area contributed by atoms with Crippen LogP contribution >= 0.6 is 24.2 Å². The number of primary amides is 1. The highest BCUT2D eigenvalue weighted by molar-refractivity contribution is 7.80. The van der Waals surface area contributed by atoms with Crippen molar-refractivity contribution in [1.29, 1.82) is 0 Å². The molecular formula is C43H56ClN9O7S. The summed E-state index contributed by atoms with van der Waals surface area (Å²) >= 11 is 10.2. The Bertz CT molecular complexity index is 2120. The highest BCUT2D eigenvalue weighted by Gasteiger charge is 2.34. The third-order valence-electron chi connectivity index (χ3n) is 10.1. The second-order valence-electron chi connectivity index (χ2n) is 15.2. The molecular weight excluding hydrogens is 822 g/mol. The van der Waals surface area contributed by atoms with Crippen LogP contribution in [0.2, 0.25) is 5.02 Å². The quantitative estimate of drug-likeness (QED) is 0.0380. The molecule has 6 atom stereocenters. The van der Waals surface area contributed by atoms with Crippen LogP contribution in [0.3, 0.4) is 0 Å². The first kappa shape index (κ1) is 48.1. The van der Waals surface area contributed by atoms with Gasteiger partial charge < -0.3 is 53.9 Å². The van der Waals surface area contributed by atoms with Gasteiger partial charge in [-0.1, -0.05) is 67.9 Å². The molecule has 1 heterocycles. The molecule has 0 aliphatic rings. The van der Waals surface area contributed by atoms with Crippen LogP contribution in [0.5, 0.6) is 5.75 Å². The first-order chi connectivity index (χ1) is 29.1. The van der Waals surface area contributed by atoms with E-state index in [9.17, 15) is 33.9 Å². The van der Waals surface area contributed by atoms with E-state index in [1.54, 1.807) is 56.4 Å². The van der Waals surface area contributed by atoms with Gasteiger partial charge in [0.15, 0.2) is 0 Å². The average molecular weight is 878 g/mol. The number of carbonyl (C=O) groups is 6. The molecule has 0 aliphatic heterocycles. The van der Waals surface area contributed by atoms with Crippen molar-refractivity contribution in [1.82, 2.24) is 31.6 Å². The van der Waals surface area contributed by atoms with E-state index in [2.05, 4.69) is 44.2 Å². The van der Waals surface area contributed by atoms with Crippen molar-refractivity contribution < 1.29 is 33.9 Å². The number of para-hydroxylation sites is 1. The van der Waals surface area contributed by atoms with Crippen molar-refractivity contribution in [2.75, 3.05) is 12.3 Å². The van der Waals surface area contributed by atoms with Crippen LogP contribution in [0.4, 0.5) is 0 Å². The van der Waals surface area contributed by atoms with E-state index in [4.69, 9.17) is 28.8 Å². The summed E-state index contributed by atoms with van der Waals surface area (Å²) in [6, 6.07) is 13.5. The van der Waals surface area contributed by atoms with Gasteiger partial charge in [0.25, 0.3) is 0 Å². The van der Waals surface area contributed by atoms with Crippen molar-refractivity contribution in [2.24, 2.45) is 23.1 Å². The third-order valence-corrected chi connectivity index (χ3v) is 10.7. The Balaban J connectivity index is 1.50. The highest BCUT2D eigenvalue weighted by Crippen LogP contribution is 2.20. The maximum absolute atomic E-state index is 14.2. The molecule has 328 valence electrons. The van der Waals surface area contributed by atoms with Crippen LogP contribution in [0.25, 0.3) is 10.9 Å².